The van der Waals surface area contributed by atoms with E-state index in [0.29, 0.717) is 5.02 Å². The van der Waals surface area contributed by atoms with Gasteiger partial charge in [-0.25, -0.2) is 0 Å². The molecule has 2 aromatic carbocycles. The van der Waals surface area contributed by atoms with Crippen LogP contribution in [0.2, 0.25) is 5.02 Å². The molecule has 0 atom stereocenters. The van der Waals surface area contributed by atoms with Crippen LogP contribution in [0.1, 0.15) is 35.2 Å². The number of rotatable bonds is 3. The third kappa shape index (κ3) is 4.20. The van der Waals surface area contributed by atoms with Gasteiger partial charge in [0.25, 0.3) is 5.91 Å². The minimum atomic E-state index is 0.120. The molecular weight excluding hydrogens is 308 g/mol. The normalized spacial score (nSPS) is 15.1. The van der Waals surface area contributed by atoms with Gasteiger partial charge in [0, 0.05) is 29.9 Å². The fourth-order valence-corrected chi connectivity index (χ4v) is 2.90. The van der Waals surface area contributed by atoms with E-state index in [9.17, 15) is 4.79 Å². The lowest BCUT2D eigenvalue weighted by molar-refractivity contribution is 0.0724. The molecule has 1 fully saturated rings. The zero-order chi connectivity index (χ0) is 16.1. The largest absolute Gasteiger partial charge is 0.339 e. The average Bonchev–Trinajstić information content (AvgIpc) is 2.61. The summed E-state index contributed by atoms with van der Waals surface area (Å²) in [6.07, 6.45) is 5.20. The molecule has 118 valence electrons. The zero-order valence-corrected chi connectivity index (χ0v) is 13.7. The van der Waals surface area contributed by atoms with E-state index in [-0.39, 0.29) is 5.91 Å². The Morgan fingerprint density at radius 3 is 2.48 bits per heavy atom. The number of carbonyl (C=O) groups is 1. The first-order chi connectivity index (χ1) is 11.2. The Balaban J connectivity index is 1.68. The van der Waals surface area contributed by atoms with Crippen LogP contribution in [-0.2, 0) is 0 Å². The number of nitrogens with zero attached hydrogens (tertiary/aromatic N) is 2. The predicted octanol–water partition coefficient (Wildman–Crippen LogP) is 4.72. The highest BCUT2D eigenvalue weighted by Crippen LogP contribution is 2.17. The summed E-state index contributed by atoms with van der Waals surface area (Å²) >= 11 is 5.95. The fourth-order valence-electron chi connectivity index (χ4n) is 2.71. The van der Waals surface area contributed by atoms with Crippen LogP contribution >= 0.6 is 11.6 Å². The molecule has 3 rings (SSSR count). The lowest BCUT2D eigenvalue weighted by atomic mass is 10.1. The minimum Gasteiger partial charge on any atom is -0.339 e. The molecule has 0 aromatic heterocycles. The molecule has 1 amide bonds. The smallest absolute Gasteiger partial charge is 0.253 e. The van der Waals surface area contributed by atoms with E-state index in [1.54, 1.807) is 6.21 Å². The molecule has 23 heavy (non-hydrogen) atoms. The lowest BCUT2D eigenvalue weighted by Gasteiger charge is -2.26. The van der Waals surface area contributed by atoms with Crippen molar-refractivity contribution in [2.75, 3.05) is 13.1 Å². The number of hydrogen-bond acceptors (Lipinski definition) is 2. The molecular formula is C19H19ClN2O. The van der Waals surface area contributed by atoms with Crippen LogP contribution in [-0.4, -0.2) is 30.1 Å². The van der Waals surface area contributed by atoms with Crippen molar-refractivity contribution in [3.05, 3.63) is 64.7 Å². The van der Waals surface area contributed by atoms with Crippen molar-refractivity contribution >= 4 is 29.4 Å². The topological polar surface area (TPSA) is 32.7 Å². The Morgan fingerprint density at radius 2 is 1.78 bits per heavy atom. The maximum atomic E-state index is 12.4. The lowest BCUT2D eigenvalue weighted by Crippen LogP contribution is -2.35. The van der Waals surface area contributed by atoms with Gasteiger partial charge >= 0.3 is 0 Å². The number of hydrogen-bond donors (Lipinski definition) is 0. The molecule has 1 heterocycles. The SMILES string of the molecule is O=C(c1ccc(N=Cc2cccc(Cl)c2)cc1)N1CCCCC1. The summed E-state index contributed by atoms with van der Waals surface area (Å²) in [5, 5.41) is 0.691. The number of halogens is 1. The van der Waals surface area contributed by atoms with Crippen LogP contribution in [0.25, 0.3) is 0 Å². The number of piperidine rings is 1. The van der Waals surface area contributed by atoms with E-state index < -0.39 is 0 Å². The Hall–Kier alpha value is -2.13. The molecule has 4 heteroatoms. The van der Waals surface area contributed by atoms with Gasteiger partial charge in [-0.05, 0) is 61.2 Å². The molecule has 0 aliphatic carbocycles. The number of carbonyl (C=O) groups excluding carboxylic acids is 1. The molecule has 0 bridgehead atoms. The Bertz CT molecular complexity index is 704. The van der Waals surface area contributed by atoms with Crippen molar-refractivity contribution in [1.82, 2.24) is 4.90 Å². The average molecular weight is 327 g/mol. The highest BCUT2D eigenvalue weighted by molar-refractivity contribution is 6.30. The number of benzene rings is 2. The highest BCUT2D eigenvalue weighted by Gasteiger charge is 2.17. The summed E-state index contributed by atoms with van der Waals surface area (Å²) in [6, 6.07) is 15.0. The molecule has 1 aliphatic rings. The van der Waals surface area contributed by atoms with E-state index in [1.165, 1.54) is 6.42 Å². The second-order valence-electron chi connectivity index (χ2n) is 5.71. The molecule has 1 saturated heterocycles. The molecule has 0 saturated carbocycles. The third-order valence-electron chi connectivity index (χ3n) is 3.97. The van der Waals surface area contributed by atoms with Crippen molar-refractivity contribution in [3.63, 3.8) is 0 Å². The number of aliphatic imine (C=N–C) groups is 1. The Labute approximate surface area is 141 Å². The Morgan fingerprint density at radius 1 is 1.04 bits per heavy atom. The molecule has 1 aliphatic heterocycles. The van der Waals surface area contributed by atoms with Crippen LogP contribution in [0.15, 0.2) is 53.5 Å². The van der Waals surface area contributed by atoms with E-state index >= 15 is 0 Å². The first-order valence-corrected chi connectivity index (χ1v) is 8.29. The highest BCUT2D eigenvalue weighted by atomic mass is 35.5. The maximum Gasteiger partial charge on any atom is 0.253 e. The van der Waals surface area contributed by atoms with Crippen molar-refractivity contribution in [3.8, 4) is 0 Å². The molecule has 3 nitrogen and oxygen atoms in total. The minimum absolute atomic E-state index is 0.120. The second kappa shape index (κ2) is 7.42. The standard InChI is InChI=1S/C19H19ClN2O/c20-17-6-4-5-15(13-17)14-21-18-9-7-16(8-10-18)19(23)22-11-2-1-3-12-22/h4-10,13-14H,1-3,11-12H2. The van der Waals surface area contributed by atoms with Crippen molar-refractivity contribution < 1.29 is 4.79 Å². The van der Waals surface area contributed by atoms with Crippen molar-refractivity contribution in [1.29, 1.82) is 0 Å². The number of likely N-dealkylation sites (tertiary alicyclic amines) is 1. The number of amides is 1. The zero-order valence-electron chi connectivity index (χ0n) is 12.9. The van der Waals surface area contributed by atoms with Gasteiger partial charge in [-0.1, -0.05) is 23.7 Å². The van der Waals surface area contributed by atoms with Crippen LogP contribution in [0, 0.1) is 0 Å². The third-order valence-corrected chi connectivity index (χ3v) is 4.20. The molecule has 0 N–H and O–H groups in total. The van der Waals surface area contributed by atoms with Gasteiger partial charge in [-0.2, -0.15) is 0 Å². The first kappa shape index (κ1) is 15.8. The maximum absolute atomic E-state index is 12.4. The van der Waals surface area contributed by atoms with Gasteiger partial charge in [-0.3, -0.25) is 9.79 Å². The molecule has 2 aromatic rings. The van der Waals surface area contributed by atoms with E-state index in [2.05, 4.69) is 4.99 Å². The van der Waals surface area contributed by atoms with Gasteiger partial charge in [0.05, 0.1) is 5.69 Å². The summed E-state index contributed by atoms with van der Waals surface area (Å²) in [5.41, 5.74) is 2.50. The molecule has 0 spiro atoms. The van der Waals surface area contributed by atoms with Gasteiger partial charge in [-0.15, -0.1) is 0 Å². The fraction of sp³-hybridized carbons (Fsp3) is 0.263. The van der Waals surface area contributed by atoms with Crippen LogP contribution < -0.4 is 0 Å². The van der Waals surface area contributed by atoms with Crippen LogP contribution in [0.4, 0.5) is 5.69 Å². The molecule has 0 radical (unpaired) electrons. The quantitative estimate of drug-likeness (QED) is 0.751. The van der Waals surface area contributed by atoms with Gasteiger partial charge in [0.1, 0.15) is 0 Å². The first-order valence-electron chi connectivity index (χ1n) is 7.91. The van der Waals surface area contributed by atoms with Crippen molar-refractivity contribution in [2.45, 2.75) is 19.3 Å². The summed E-state index contributed by atoms with van der Waals surface area (Å²) < 4.78 is 0. The Kier molecular flexibility index (Phi) is 5.09. The van der Waals surface area contributed by atoms with Gasteiger partial charge < -0.3 is 4.90 Å². The van der Waals surface area contributed by atoms with E-state index in [1.807, 2.05) is 53.4 Å². The molecule has 0 unspecified atom stereocenters. The summed E-state index contributed by atoms with van der Waals surface area (Å²) in [7, 11) is 0. The summed E-state index contributed by atoms with van der Waals surface area (Å²) in [6.45, 7) is 1.74. The second-order valence-corrected chi connectivity index (χ2v) is 6.15. The van der Waals surface area contributed by atoms with Gasteiger partial charge in [0.2, 0.25) is 0 Å². The summed E-state index contributed by atoms with van der Waals surface area (Å²) in [5.74, 6) is 0.120. The van der Waals surface area contributed by atoms with Crippen LogP contribution in [0.5, 0.6) is 0 Å². The monoisotopic (exact) mass is 326 g/mol. The van der Waals surface area contributed by atoms with E-state index in [0.717, 1.165) is 42.7 Å². The van der Waals surface area contributed by atoms with Crippen LogP contribution in [0.3, 0.4) is 0 Å². The van der Waals surface area contributed by atoms with Gasteiger partial charge in [0.15, 0.2) is 0 Å². The predicted molar refractivity (Wildman–Crippen MR) is 94.9 cm³/mol. The summed E-state index contributed by atoms with van der Waals surface area (Å²) in [4.78, 5) is 18.8. The van der Waals surface area contributed by atoms with E-state index in [4.69, 9.17) is 11.6 Å². The van der Waals surface area contributed by atoms with Crippen molar-refractivity contribution in [2.24, 2.45) is 4.99 Å².